The summed E-state index contributed by atoms with van der Waals surface area (Å²) in [6.45, 7) is 3.49. The zero-order chi connectivity index (χ0) is 16.5. The summed E-state index contributed by atoms with van der Waals surface area (Å²) in [5.74, 6) is 0.864. The second-order valence-electron chi connectivity index (χ2n) is 5.06. The average molecular weight is 447 g/mol. The maximum Gasteiger partial charge on any atom is 0.191 e. The zero-order valence-electron chi connectivity index (χ0n) is 13.5. The van der Waals surface area contributed by atoms with Crippen molar-refractivity contribution in [3.05, 3.63) is 59.8 Å². The predicted octanol–water partition coefficient (Wildman–Crippen LogP) is 2.87. The Kier molecular flexibility index (Phi) is 9.39. The Bertz CT molecular complexity index is 620. The number of hydrogen-bond acceptors (Lipinski definition) is 3. The first-order valence-electron chi connectivity index (χ1n) is 7.67. The molecule has 132 valence electrons. The van der Waals surface area contributed by atoms with Gasteiger partial charge < -0.3 is 20.2 Å². The molecule has 0 saturated carbocycles. The van der Waals surface area contributed by atoms with Gasteiger partial charge in [0.1, 0.15) is 17.7 Å². The van der Waals surface area contributed by atoms with Crippen molar-refractivity contribution in [1.29, 1.82) is 0 Å². The number of aliphatic hydroxyl groups excluding tert-OH is 1. The van der Waals surface area contributed by atoms with Crippen LogP contribution in [-0.2, 0) is 6.42 Å². The van der Waals surface area contributed by atoms with Gasteiger partial charge in [0.05, 0.1) is 12.8 Å². The Morgan fingerprint density at radius 3 is 2.79 bits per heavy atom. The molecule has 0 amide bonds. The molecule has 1 heterocycles. The van der Waals surface area contributed by atoms with Gasteiger partial charge in [-0.25, -0.2) is 4.39 Å². The highest BCUT2D eigenvalue weighted by Gasteiger charge is 2.09. The minimum atomic E-state index is -0.774. The highest BCUT2D eigenvalue weighted by molar-refractivity contribution is 14.0. The van der Waals surface area contributed by atoms with Crippen LogP contribution >= 0.6 is 24.0 Å². The molecule has 0 aliphatic heterocycles. The van der Waals surface area contributed by atoms with Gasteiger partial charge in [-0.2, -0.15) is 0 Å². The Hall–Kier alpha value is -1.61. The molecule has 0 aliphatic carbocycles. The third-order valence-corrected chi connectivity index (χ3v) is 3.23. The summed E-state index contributed by atoms with van der Waals surface area (Å²) in [6.07, 6.45) is 1.43. The Morgan fingerprint density at radius 2 is 2.12 bits per heavy atom. The molecule has 24 heavy (non-hydrogen) atoms. The molecule has 2 aromatic rings. The molecule has 3 N–H and O–H groups in total. The Morgan fingerprint density at radius 1 is 1.29 bits per heavy atom. The number of hydrogen-bond donors (Lipinski definition) is 3. The van der Waals surface area contributed by atoms with Crippen LogP contribution in [0.1, 0.15) is 24.4 Å². The second-order valence-corrected chi connectivity index (χ2v) is 5.06. The van der Waals surface area contributed by atoms with Gasteiger partial charge in [0.25, 0.3) is 0 Å². The normalized spacial score (nSPS) is 12.4. The number of furan rings is 1. The van der Waals surface area contributed by atoms with Gasteiger partial charge in [0.15, 0.2) is 5.96 Å². The van der Waals surface area contributed by atoms with E-state index in [1.54, 1.807) is 18.2 Å². The summed E-state index contributed by atoms with van der Waals surface area (Å²) in [4.78, 5) is 4.33. The van der Waals surface area contributed by atoms with E-state index in [9.17, 15) is 9.50 Å². The van der Waals surface area contributed by atoms with Gasteiger partial charge in [-0.05, 0) is 43.2 Å². The number of nitrogens with zero attached hydrogens (tertiary/aromatic N) is 1. The number of halogens is 2. The number of nitrogens with one attached hydrogen (secondary N) is 2. The lowest BCUT2D eigenvalue weighted by Gasteiger charge is -2.12. The van der Waals surface area contributed by atoms with Gasteiger partial charge in [0.2, 0.25) is 0 Å². The quantitative estimate of drug-likeness (QED) is 0.347. The average Bonchev–Trinajstić information content (AvgIpc) is 3.07. The molecule has 0 aliphatic rings. The van der Waals surface area contributed by atoms with Crippen LogP contribution in [0.5, 0.6) is 0 Å². The molecule has 0 bridgehead atoms. The van der Waals surface area contributed by atoms with Gasteiger partial charge in [0, 0.05) is 13.1 Å². The minimum absolute atomic E-state index is 0. The second kappa shape index (κ2) is 11.0. The highest BCUT2D eigenvalue weighted by Crippen LogP contribution is 2.12. The van der Waals surface area contributed by atoms with Crippen LogP contribution < -0.4 is 10.6 Å². The van der Waals surface area contributed by atoms with Crippen LogP contribution in [0.4, 0.5) is 4.39 Å². The number of aliphatic imine (C=N–C) groups is 1. The van der Waals surface area contributed by atoms with Crippen molar-refractivity contribution in [2.75, 3.05) is 19.6 Å². The maximum absolute atomic E-state index is 13.1. The monoisotopic (exact) mass is 447 g/mol. The molecular formula is C17H23FIN3O2. The van der Waals surface area contributed by atoms with E-state index in [4.69, 9.17) is 4.42 Å². The van der Waals surface area contributed by atoms with E-state index in [-0.39, 0.29) is 36.3 Å². The van der Waals surface area contributed by atoms with Crippen molar-refractivity contribution in [2.45, 2.75) is 19.4 Å². The van der Waals surface area contributed by atoms with Crippen molar-refractivity contribution >= 4 is 29.9 Å². The van der Waals surface area contributed by atoms with Gasteiger partial charge in [-0.1, -0.05) is 12.1 Å². The zero-order valence-corrected chi connectivity index (χ0v) is 15.9. The number of rotatable bonds is 7. The molecule has 5 nitrogen and oxygen atoms in total. The SMILES string of the molecule is CCNC(=NCC(O)c1ccco1)NCCc1cccc(F)c1.I. The summed E-state index contributed by atoms with van der Waals surface area (Å²) in [7, 11) is 0. The summed E-state index contributed by atoms with van der Waals surface area (Å²) < 4.78 is 18.3. The molecule has 0 fully saturated rings. The summed E-state index contributed by atoms with van der Waals surface area (Å²) in [5.41, 5.74) is 0.920. The highest BCUT2D eigenvalue weighted by atomic mass is 127. The molecular weight excluding hydrogens is 424 g/mol. The van der Waals surface area contributed by atoms with E-state index < -0.39 is 6.10 Å². The lowest BCUT2D eigenvalue weighted by atomic mass is 10.1. The fourth-order valence-electron chi connectivity index (χ4n) is 2.11. The summed E-state index contributed by atoms with van der Waals surface area (Å²) >= 11 is 0. The van der Waals surface area contributed by atoms with Crippen molar-refractivity contribution in [2.24, 2.45) is 4.99 Å². The van der Waals surface area contributed by atoms with E-state index in [1.807, 2.05) is 13.0 Å². The van der Waals surface area contributed by atoms with E-state index in [0.29, 0.717) is 31.2 Å². The van der Waals surface area contributed by atoms with Crippen LogP contribution in [0, 0.1) is 5.82 Å². The van der Waals surface area contributed by atoms with E-state index >= 15 is 0 Å². The lowest BCUT2D eigenvalue weighted by molar-refractivity contribution is 0.158. The van der Waals surface area contributed by atoms with Crippen molar-refractivity contribution in [3.8, 4) is 0 Å². The number of aliphatic hydroxyl groups is 1. The van der Waals surface area contributed by atoms with E-state index in [1.165, 1.54) is 18.4 Å². The smallest absolute Gasteiger partial charge is 0.191 e. The maximum atomic E-state index is 13.1. The van der Waals surface area contributed by atoms with Crippen LogP contribution in [0.3, 0.4) is 0 Å². The molecule has 1 atom stereocenters. The molecule has 0 radical (unpaired) electrons. The molecule has 0 spiro atoms. The van der Waals surface area contributed by atoms with Crippen molar-refractivity contribution in [1.82, 2.24) is 10.6 Å². The number of benzene rings is 1. The molecule has 1 unspecified atom stereocenters. The van der Waals surface area contributed by atoms with Crippen molar-refractivity contribution < 1.29 is 13.9 Å². The first-order chi connectivity index (χ1) is 11.2. The Balaban J connectivity index is 0.00000288. The van der Waals surface area contributed by atoms with Crippen LogP contribution in [-0.4, -0.2) is 30.7 Å². The molecule has 7 heteroatoms. The largest absolute Gasteiger partial charge is 0.467 e. The third-order valence-electron chi connectivity index (χ3n) is 3.23. The minimum Gasteiger partial charge on any atom is -0.467 e. The summed E-state index contributed by atoms with van der Waals surface area (Å²) in [5, 5.41) is 16.2. The Labute approximate surface area is 158 Å². The molecule has 2 rings (SSSR count). The van der Waals surface area contributed by atoms with Crippen molar-refractivity contribution in [3.63, 3.8) is 0 Å². The fourth-order valence-corrected chi connectivity index (χ4v) is 2.11. The first-order valence-corrected chi connectivity index (χ1v) is 7.67. The third kappa shape index (κ3) is 6.88. The predicted molar refractivity (Wildman–Crippen MR) is 103 cm³/mol. The van der Waals surface area contributed by atoms with E-state index in [2.05, 4.69) is 15.6 Å². The van der Waals surface area contributed by atoms with Gasteiger partial charge >= 0.3 is 0 Å². The van der Waals surface area contributed by atoms with E-state index in [0.717, 1.165) is 5.56 Å². The standard InChI is InChI=1S/C17H22FN3O2.HI/c1-2-19-17(21-12-15(22)16-7-4-10-23-16)20-9-8-13-5-3-6-14(18)11-13;/h3-7,10-11,15,22H,2,8-9,12H2,1H3,(H2,19,20,21);1H. The molecule has 1 aromatic carbocycles. The fraction of sp³-hybridized carbons (Fsp3) is 0.353. The lowest BCUT2D eigenvalue weighted by Crippen LogP contribution is -2.38. The van der Waals surface area contributed by atoms with Gasteiger partial charge in [-0.15, -0.1) is 24.0 Å². The molecule has 1 aromatic heterocycles. The number of guanidine groups is 1. The topological polar surface area (TPSA) is 69.8 Å². The van der Waals surface area contributed by atoms with Crippen LogP contribution in [0.15, 0.2) is 52.1 Å². The van der Waals surface area contributed by atoms with Crippen LogP contribution in [0.25, 0.3) is 0 Å². The molecule has 0 saturated heterocycles. The van der Waals surface area contributed by atoms with Crippen LogP contribution in [0.2, 0.25) is 0 Å². The first kappa shape index (κ1) is 20.4. The summed E-state index contributed by atoms with van der Waals surface area (Å²) in [6, 6.07) is 9.97. The van der Waals surface area contributed by atoms with Gasteiger partial charge in [-0.3, -0.25) is 4.99 Å².